The maximum absolute atomic E-state index is 9.69. The Hall–Kier alpha value is -0.120. The van der Waals surface area contributed by atoms with Gasteiger partial charge in [0.1, 0.15) is 0 Å². The van der Waals surface area contributed by atoms with E-state index in [1.807, 2.05) is 0 Å². The minimum atomic E-state index is -0.211. The van der Waals surface area contributed by atoms with Gasteiger partial charge in [-0.3, -0.25) is 0 Å². The first-order chi connectivity index (χ1) is 6.72. The van der Waals surface area contributed by atoms with Crippen molar-refractivity contribution in [3.63, 3.8) is 0 Å². The molecule has 0 saturated heterocycles. The van der Waals surface area contributed by atoms with Gasteiger partial charge in [0, 0.05) is 19.1 Å². The number of nitrogens with one attached hydrogen (secondary N) is 1. The van der Waals surface area contributed by atoms with Crippen molar-refractivity contribution in [3.05, 3.63) is 0 Å². The molecule has 3 nitrogen and oxygen atoms in total. The van der Waals surface area contributed by atoms with Crippen LogP contribution in [0.25, 0.3) is 0 Å². The zero-order valence-corrected chi connectivity index (χ0v) is 9.50. The van der Waals surface area contributed by atoms with Gasteiger partial charge in [-0.25, -0.2) is 0 Å². The Kier molecular flexibility index (Phi) is 5.45. The molecule has 0 radical (unpaired) electrons. The molecule has 1 rings (SSSR count). The molecule has 0 spiro atoms. The zero-order chi connectivity index (χ0) is 10.4. The van der Waals surface area contributed by atoms with E-state index in [9.17, 15) is 5.11 Å². The van der Waals surface area contributed by atoms with E-state index in [0.29, 0.717) is 6.04 Å². The number of aliphatic hydroxyl groups is 1. The lowest BCUT2D eigenvalue weighted by molar-refractivity contribution is 0.123. The number of unbranched alkanes of at least 4 members (excludes halogenated alkanes) is 1. The van der Waals surface area contributed by atoms with E-state index >= 15 is 0 Å². The van der Waals surface area contributed by atoms with E-state index in [0.717, 1.165) is 19.6 Å². The Labute approximate surface area is 87.5 Å². The van der Waals surface area contributed by atoms with Gasteiger partial charge in [-0.15, -0.1) is 0 Å². The summed E-state index contributed by atoms with van der Waals surface area (Å²) in [7, 11) is 2.08. The minimum Gasteiger partial charge on any atom is -0.390 e. The first-order valence-corrected chi connectivity index (χ1v) is 5.82. The van der Waals surface area contributed by atoms with Crippen molar-refractivity contribution in [3.8, 4) is 0 Å². The average Bonchev–Trinajstić information content (AvgIpc) is 2.95. The first kappa shape index (κ1) is 12.0. The van der Waals surface area contributed by atoms with Crippen LogP contribution in [0.4, 0.5) is 0 Å². The van der Waals surface area contributed by atoms with Crippen LogP contribution < -0.4 is 5.32 Å². The molecular weight excluding hydrogens is 176 g/mol. The van der Waals surface area contributed by atoms with Gasteiger partial charge in [0.25, 0.3) is 0 Å². The van der Waals surface area contributed by atoms with E-state index in [1.165, 1.54) is 25.7 Å². The Morgan fingerprint density at radius 3 is 2.79 bits per heavy atom. The van der Waals surface area contributed by atoms with Gasteiger partial charge in [0.05, 0.1) is 6.10 Å². The standard InChI is InChI=1S/C11H24N2O/c1-3-4-7-13(2)9-11(14)8-12-10-5-6-10/h10-12,14H,3-9H2,1-2H3. The largest absolute Gasteiger partial charge is 0.390 e. The number of aliphatic hydroxyl groups excluding tert-OH is 1. The molecule has 1 atom stereocenters. The van der Waals surface area contributed by atoms with Crippen LogP contribution in [0, 0.1) is 0 Å². The molecule has 3 heteroatoms. The maximum atomic E-state index is 9.69. The number of likely N-dealkylation sites (N-methyl/N-ethyl adjacent to an activating group) is 1. The third kappa shape index (κ3) is 5.58. The summed E-state index contributed by atoms with van der Waals surface area (Å²) in [6.07, 6.45) is 4.81. The summed E-state index contributed by atoms with van der Waals surface area (Å²) in [6, 6.07) is 0.700. The molecule has 2 N–H and O–H groups in total. The fourth-order valence-electron chi connectivity index (χ4n) is 1.53. The van der Waals surface area contributed by atoms with E-state index in [2.05, 4.69) is 24.2 Å². The lowest BCUT2D eigenvalue weighted by atomic mass is 10.3. The summed E-state index contributed by atoms with van der Waals surface area (Å²) < 4.78 is 0. The molecule has 0 bridgehead atoms. The van der Waals surface area contributed by atoms with E-state index in [-0.39, 0.29) is 6.10 Å². The Balaban J connectivity index is 1.96. The second-order valence-electron chi connectivity index (χ2n) is 4.45. The van der Waals surface area contributed by atoms with Crippen molar-refractivity contribution in [2.75, 3.05) is 26.7 Å². The minimum absolute atomic E-state index is 0.211. The topological polar surface area (TPSA) is 35.5 Å². The third-order valence-corrected chi connectivity index (χ3v) is 2.64. The van der Waals surface area contributed by atoms with Crippen molar-refractivity contribution < 1.29 is 5.11 Å². The summed E-state index contributed by atoms with van der Waals surface area (Å²) in [4.78, 5) is 2.21. The summed E-state index contributed by atoms with van der Waals surface area (Å²) in [5.74, 6) is 0. The zero-order valence-electron chi connectivity index (χ0n) is 9.50. The fourth-order valence-corrected chi connectivity index (χ4v) is 1.53. The monoisotopic (exact) mass is 200 g/mol. The molecule has 14 heavy (non-hydrogen) atoms. The Morgan fingerprint density at radius 1 is 1.50 bits per heavy atom. The van der Waals surface area contributed by atoms with Crippen molar-refractivity contribution in [2.24, 2.45) is 0 Å². The lowest BCUT2D eigenvalue weighted by Gasteiger charge is -2.20. The molecule has 84 valence electrons. The molecule has 0 aromatic carbocycles. The Bertz CT molecular complexity index is 148. The maximum Gasteiger partial charge on any atom is 0.0791 e. The van der Waals surface area contributed by atoms with E-state index in [4.69, 9.17) is 0 Å². The van der Waals surface area contributed by atoms with Gasteiger partial charge < -0.3 is 15.3 Å². The molecule has 1 unspecified atom stereocenters. The quantitative estimate of drug-likeness (QED) is 0.609. The summed E-state index contributed by atoms with van der Waals surface area (Å²) in [5, 5.41) is 13.0. The number of hydrogen-bond donors (Lipinski definition) is 2. The molecule has 0 heterocycles. The molecule has 1 fully saturated rings. The highest BCUT2D eigenvalue weighted by Crippen LogP contribution is 2.18. The van der Waals surface area contributed by atoms with E-state index in [1.54, 1.807) is 0 Å². The number of nitrogens with zero attached hydrogens (tertiary/aromatic N) is 1. The van der Waals surface area contributed by atoms with Crippen LogP contribution in [-0.4, -0.2) is 48.8 Å². The molecule has 0 aromatic heterocycles. The lowest BCUT2D eigenvalue weighted by Crippen LogP contribution is -2.37. The molecule has 1 aliphatic carbocycles. The van der Waals surface area contributed by atoms with Crippen LogP contribution in [0.3, 0.4) is 0 Å². The van der Waals surface area contributed by atoms with Crippen LogP contribution in [0.1, 0.15) is 32.6 Å². The predicted molar refractivity (Wildman–Crippen MR) is 59.4 cm³/mol. The molecular formula is C11H24N2O. The van der Waals surface area contributed by atoms with Crippen LogP contribution in [0.15, 0.2) is 0 Å². The van der Waals surface area contributed by atoms with E-state index < -0.39 is 0 Å². The van der Waals surface area contributed by atoms with Crippen LogP contribution in [-0.2, 0) is 0 Å². The molecule has 1 aliphatic rings. The Morgan fingerprint density at radius 2 is 2.21 bits per heavy atom. The summed E-state index contributed by atoms with van der Waals surface area (Å²) >= 11 is 0. The van der Waals surface area contributed by atoms with Crippen LogP contribution in [0.2, 0.25) is 0 Å². The number of hydrogen-bond acceptors (Lipinski definition) is 3. The second-order valence-corrected chi connectivity index (χ2v) is 4.45. The smallest absolute Gasteiger partial charge is 0.0791 e. The van der Waals surface area contributed by atoms with Gasteiger partial charge >= 0.3 is 0 Å². The molecule has 0 aliphatic heterocycles. The van der Waals surface area contributed by atoms with Gasteiger partial charge in [0.15, 0.2) is 0 Å². The third-order valence-electron chi connectivity index (χ3n) is 2.64. The van der Waals surface area contributed by atoms with Gasteiger partial charge in [-0.05, 0) is 32.9 Å². The van der Waals surface area contributed by atoms with Crippen LogP contribution in [0.5, 0.6) is 0 Å². The highest BCUT2D eigenvalue weighted by molar-refractivity contribution is 4.82. The van der Waals surface area contributed by atoms with Crippen molar-refractivity contribution >= 4 is 0 Å². The van der Waals surface area contributed by atoms with Gasteiger partial charge in [-0.1, -0.05) is 13.3 Å². The molecule has 1 saturated carbocycles. The normalized spacial score (nSPS) is 18.9. The first-order valence-electron chi connectivity index (χ1n) is 5.82. The molecule has 0 aromatic rings. The average molecular weight is 200 g/mol. The van der Waals surface area contributed by atoms with Crippen LogP contribution >= 0.6 is 0 Å². The SMILES string of the molecule is CCCCN(C)CC(O)CNC1CC1. The van der Waals surface area contributed by atoms with Crippen molar-refractivity contribution in [2.45, 2.75) is 44.8 Å². The predicted octanol–water partition coefficient (Wildman–Crippen LogP) is 0.831. The number of rotatable bonds is 8. The van der Waals surface area contributed by atoms with Crippen molar-refractivity contribution in [1.29, 1.82) is 0 Å². The highest BCUT2D eigenvalue weighted by Gasteiger charge is 2.21. The van der Waals surface area contributed by atoms with Gasteiger partial charge in [0.2, 0.25) is 0 Å². The summed E-state index contributed by atoms with van der Waals surface area (Å²) in [6.45, 7) is 4.83. The fraction of sp³-hybridized carbons (Fsp3) is 1.00. The molecule has 0 amide bonds. The summed E-state index contributed by atoms with van der Waals surface area (Å²) in [5.41, 5.74) is 0. The van der Waals surface area contributed by atoms with Gasteiger partial charge in [-0.2, -0.15) is 0 Å². The van der Waals surface area contributed by atoms with Crippen molar-refractivity contribution in [1.82, 2.24) is 10.2 Å². The highest BCUT2D eigenvalue weighted by atomic mass is 16.3. The second kappa shape index (κ2) is 6.38.